The van der Waals surface area contributed by atoms with Crippen molar-refractivity contribution in [1.82, 2.24) is 5.43 Å². The van der Waals surface area contributed by atoms with Gasteiger partial charge in [-0.15, -0.1) is 0 Å². The van der Waals surface area contributed by atoms with E-state index in [1.54, 1.807) is 0 Å². The molecular weight excluding hydrogens is 212 g/mol. The molecule has 1 amide bonds. The van der Waals surface area contributed by atoms with Crippen molar-refractivity contribution in [3.8, 4) is 0 Å². The Balaban J connectivity index is 2.35. The van der Waals surface area contributed by atoms with Crippen LogP contribution in [0.2, 0.25) is 0 Å². The number of hydrazone groups is 1. The van der Waals surface area contributed by atoms with Gasteiger partial charge in [0.05, 0.1) is 6.42 Å². The third-order valence-electron chi connectivity index (χ3n) is 2.47. The molecule has 92 valence electrons. The third kappa shape index (κ3) is 5.85. The van der Waals surface area contributed by atoms with Gasteiger partial charge in [0.2, 0.25) is 5.91 Å². The summed E-state index contributed by atoms with van der Waals surface area (Å²) in [6, 6.07) is 9.67. The lowest BCUT2D eigenvalue weighted by Crippen LogP contribution is -2.21. The van der Waals surface area contributed by atoms with Crippen LogP contribution in [0, 0.1) is 0 Å². The van der Waals surface area contributed by atoms with Gasteiger partial charge in [-0.1, -0.05) is 43.7 Å². The van der Waals surface area contributed by atoms with Gasteiger partial charge in [-0.3, -0.25) is 4.79 Å². The van der Waals surface area contributed by atoms with Crippen LogP contribution >= 0.6 is 0 Å². The van der Waals surface area contributed by atoms with Crippen LogP contribution in [-0.2, 0) is 11.2 Å². The number of amides is 1. The van der Waals surface area contributed by atoms with Gasteiger partial charge in [-0.25, -0.2) is 5.43 Å². The number of benzene rings is 1. The fourth-order valence-corrected chi connectivity index (χ4v) is 1.47. The molecule has 0 spiro atoms. The minimum atomic E-state index is -0.0629. The van der Waals surface area contributed by atoms with E-state index in [0.29, 0.717) is 6.42 Å². The molecule has 0 atom stereocenters. The molecule has 1 aromatic rings. The van der Waals surface area contributed by atoms with Crippen molar-refractivity contribution < 1.29 is 4.79 Å². The summed E-state index contributed by atoms with van der Waals surface area (Å²) >= 11 is 0. The first-order chi connectivity index (χ1) is 8.22. The smallest absolute Gasteiger partial charge is 0.244 e. The Kier molecular flexibility index (Phi) is 6.00. The number of rotatable bonds is 6. The molecule has 17 heavy (non-hydrogen) atoms. The summed E-state index contributed by atoms with van der Waals surface area (Å²) in [6.45, 7) is 4.08. The molecule has 0 aromatic heterocycles. The summed E-state index contributed by atoms with van der Waals surface area (Å²) in [4.78, 5) is 11.6. The van der Waals surface area contributed by atoms with Crippen molar-refractivity contribution in [2.24, 2.45) is 5.10 Å². The van der Waals surface area contributed by atoms with Gasteiger partial charge >= 0.3 is 0 Å². The molecule has 0 heterocycles. The highest BCUT2D eigenvalue weighted by Crippen LogP contribution is 1.99. The monoisotopic (exact) mass is 232 g/mol. The van der Waals surface area contributed by atoms with Crippen LogP contribution < -0.4 is 5.43 Å². The molecule has 0 bridgehead atoms. The zero-order valence-electron chi connectivity index (χ0n) is 10.6. The maximum Gasteiger partial charge on any atom is 0.244 e. The molecule has 1 aromatic carbocycles. The van der Waals surface area contributed by atoms with Crippen LogP contribution in [0.3, 0.4) is 0 Å². The van der Waals surface area contributed by atoms with Gasteiger partial charge in [0.15, 0.2) is 0 Å². The molecule has 0 unspecified atom stereocenters. The van der Waals surface area contributed by atoms with Crippen LogP contribution in [-0.4, -0.2) is 11.6 Å². The van der Waals surface area contributed by atoms with Crippen LogP contribution in [0.25, 0.3) is 0 Å². The first-order valence-corrected chi connectivity index (χ1v) is 6.08. The van der Waals surface area contributed by atoms with Crippen molar-refractivity contribution in [1.29, 1.82) is 0 Å². The number of hydrogen-bond donors (Lipinski definition) is 1. The summed E-state index contributed by atoms with van der Waals surface area (Å²) in [7, 11) is 0. The van der Waals surface area contributed by atoms with E-state index >= 15 is 0 Å². The van der Waals surface area contributed by atoms with Gasteiger partial charge in [-0.05, 0) is 25.3 Å². The molecule has 0 saturated heterocycles. The van der Waals surface area contributed by atoms with Gasteiger partial charge < -0.3 is 0 Å². The molecule has 0 radical (unpaired) electrons. The molecule has 0 saturated carbocycles. The Labute approximate surface area is 103 Å². The van der Waals surface area contributed by atoms with Crippen molar-refractivity contribution in [2.45, 2.75) is 39.5 Å². The number of nitrogens with zero attached hydrogens (tertiary/aromatic N) is 1. The zero-order chi connectivity index (χ0) is 12.5. The Bertz CT molecular complexity index is 371. The first-order valence-electron chi connectivity index (χ1n) is 6.08. The molecule has 0 aliphatic heterocycles. The lowest BCUT2D eigenvalue weighted by Gasteiger charge is -2.02. The summed E-state index contributed by atoms with van der Waals surface area (Å²) in [5.41, 5.74) is 4.57. The Morgan fingerprint density at radius 1 is 1.29 bits per heavy atom. The quantitative estimate of drug-likeness (QED) is 0.594. The lowest BCUT2D eigenvalue weighted by atomic mass is 10.1. The number of unbranched alkanes of at least 4 members (excludes halogenated alkanes) is 1. The van der Waals surface area contributed by atoms with Crippen LogP contribution in [0.4, 0.5) is 0 Å². The summed E-state index contributed by atoms with van der Waals surface area (Å²) in [6.07, 6.45) is 3.59. The highest BCUT2D eigenvalue weighted by Gasteiger charge is 2.01. The summed E-state index contributed by atoms with van der Waals surface area (Å²) in [5, 5.41) is 4.07. The molecule has 0 aliphatic carbocycles. The third-order valence-corrected chi connectivity index (χ3v) is 2.47. The topological polar surface area (TPSA) is 41.5 Å². The van der Waals surface area contributed by atoms with Crippen molar-refractivity contribution >= 4 is 11.6 Å². The largest absolute Gasteiger partial charge is 0.273 e. The van der Waals surface area contributed by atoms with Gasteiger partial charge in [-0.2, -0.15) is 5.10 Å². The van der Waals surface area contributed by atoms with Crippen molar-refractivity contribution in [3.05, 3.63) is 35.9 Å². The van der Waals surface area contributed by atoms with E-state index in [9.17, 15) is 4.79 Å². The first kappa shape index (κ1) is 13.4. The fraction of sp³-hybridized carbons (Fsp3) is 0.429. The highest BCUT2D eigenvalue weighted by molar-refractivity contribution is 5.84. The number of nitrogens with one attached hydrogen (secondary N) is 1. The standard InChI is InChI=1S/C14H20N2O/c1-3-4-8-12(2)15-16-14(17)11-13-9-6-5-7-10-13/h5-7,9-10H,3-4,8,11H2,1-2H3,(H,16,17). The van der Waals surface area contributed by atoms with Crippen LogP contribution in [0.1, 0.15) is 38.7 Å². The number of carbonyl (C=O) groups is 1. The van der Waals surface area contributed by atoms with Crippen molar-refractivity contribution in [2.75, 3.05) is 0 Å². The molecule has 1 N–H and O–H groups in total. The molecule has 1 rings (SSSR count). The van der Waals surface area contributed by atoms with E-state index in [-0.39, 0.29) is 5.91 Å². The highest BCUT2D eigenvalue weighted by atomic mass is 16.2. The predicted molar refractivity (Wildman–Crippen MR) is 70.9 cm³/mol. The number of hydrogen-bond acceptors (Lipinski definition) is 2. The fourth-order valence-electron chi connectivity index (χ4n) is 1.47. The average Bonchev–Trinajstić information content (AvgIpc) is 2.35. The molecular formula is C14H20N2O. The van der Waals surface area contributed by atoms with Crippen molar-refractivity contribution in [3.63, 3.8) is 0 Å². The molecule has 0 aliphatic rings. The summed E-state index contributed by atoms with van der Waals surface area (Å²) < 4.78 is 0. The second-order valence-electron chi connectivity index (χ2n) is 4.15. The average molecular weight is 232 g/mol. The molecule has 0 fully saturated rings. The molecule has 3 nitrogen and oxygen atoms in total. The second-order valence-corrected chi connectivity index (χ2v) is 4.15. The number of carbonyl (C=O) groups excluding carboxylic acids is 1. The zero-order valence-corrected chi connectivity index (χ0v) is 10.6. The van der Waals surface area contributed by atoms with Crippen LogP contribution in [0.5, 0.6) is 0 Å². The van der Waals surface area contributed by atoms with Gasteiger partial charge in [0.25, 0.3) is 0 Å². The lowest BCUT2D eigenvalue weighted by molar-refractivity contribution is -0.120. The Morgan fingerprint density at radius 3 is 2.65 bits per heavy atom. The SMILES string of the molecule is CCCCC(C)=NNC(=O)Cc1ccccc1. The van der Waals surface area contributed by atoms with Crippen LogP contribution in [0.15, 0.2) is 35.4 Å². The maximum atomic E-state index is 11.6. The molecule has 3 heteroatoms. The normalized spacial score (nSPS) is 11.3. The van der Waals surface area contributed by atoms with E-state index in [4.69, 9.17) is 0 Å². The maximum absolute atomic E-state index is 11.6. The predicted octanol–water partition coefficient (Wildman–Crippen LogP) is 2.91. The van der Waals surface area contributed by atoms with Gasteiger partial charge in [0, 0.05) is 5.71 Å². The van der Waals surface area contributed by atoms with E-state index < -0.39 is 0 Å². The summed E-state index contributed by atoms with van der Waals surface area (Å²) in [5.74, 6) is -0.0629. The second kappa shape index (κ2) is 7.60. The minimum Gasteiger partial charge on any atom is -0.273 e. The van der Waals surface area contributed by atoms with Gasteiger partial charge in [0.1, 0.15) is 0 Å². The Hall–Kier alpha value is -1.64. The van der Waals surface area contributed by atoms with E-state index in [1.165, 1.54) is 0 Å². The minimum absolute atomic E-state index is 0.0629. The van der Waals surface area contributed by atoms with E-state index in [0.717, 1.165) is 30.5 Å². The van der Waals surface area contributed by atoms with E-state index in [2.05, 4.69) is 17.5 Å². The Morgan fingerprint density at radius 2 is 2.00 bits per heavy atom. The van der Waals surface area contributed by atoms with E-state index in [1.807, 2.05) is 37.3 Å².